The number of nitrogens with zero attached hydrogens (tertiary/aromatic N) is 3. The third-order valence-corrected chi connectivity index (χ3v) is 9.47. The first kappa shape index (κ1) is 31.6. The molecule has 2 heterocycles. The van der Waals surface area contributed by atoms with Crippen molar-refractivity contribution >= 4 is 48.7 Å². The highest BCUT2D eigenvalue weighted by Gasteiger charge is 2.15. The van der Waals surface area contributed by atoms with Crippen molar-refractivity contribution in [3.05, 3.63) is 145 Å². The molecular weight excluding hydrogens is 595 g/mol. The van der Waals surface area contributed by atoms with Crippen LogP contribution in [0.15, 0.2) is 139 Å². The monoisotopic (exact) mass is 633 g/mol. The van der Waals surface area contributed by atoms with Gasteiger partial charge in [-0.3, -0.25) is 0 Å². The van der Waals surface area contributed by atoms with E-state index in [1.807, 2.05) is 54.7 Å². The van der Waals surface area contributed by atoms with Crippen LogP contribution in [0, 0.1) is 5.92 Å². The third kappa shape index (κ3) is 7.24. The number of para-hydroxylation sites is 1. The normalized spacial score (nSPS) is 12.6. The van der Waals surface area contributed by atoms with E-state index in [2.05, 4.69) is 117 Å². The van der Waals surface area contributed by atoms with Gasteiger partial charge >= 0.3 is 0 Å². The van der Waals surface area contributed by atoms with Crippen molar-refractivity contribution in [2.24, 2.45) is 5.92 Å². The van der Waals surface area contributed by atoms with Gasteiger partial charge in [0.25, 0.3) is 0 Å². The van der Waals surface area contributed by atoms with Crippen molar-refractivity contribution < 1.29 is 0 Å². The van der Waals surface area contributed by atoms with Gasteiger partial charge in [-0.2, -0.15) is 9.97 Å². The van der Waals surface area contributed by atoms with E-state index in [1.54, 1.807) is 6.08 Å². The van der Waals surface area contributed by atoms with Crippen molar-refractivity contribution in [1.82, 2.24) is 15.0 Å². The number of fused-ring (bicyclic) bond motifs is 3. The second kappa shape index (κ2) is 14.4. The van der Waals surface area contributed by atoms with Crippen molar-refractivity contribution in [3.8, 4) is 22.5 Å². The fraction of sp³-hybridized carbons (Fsp3) is 0.146. The molecule has 6 heteroatoms. The van der Waals surface area contributed by atoms with Crippen LogP contribution in [-0.4, -0.2) is 21.5 Å². The minimum Gasteiger partial charge on any atom is -0.357 e. The maximum atomic E-state index is 4.96. The highest BCUT2D eigenvalue weighted by atomic mass is 32.1. The Hall–Kier alpha value is -5.33. The van der Waals surface area contributed by atoms with E-state index in [0.717, 1.165) is 28.1 Å². The number of hydrogen-bond acceptors (Lipinski definition) is 6. The topological polar surface area (TPSA) is 62.7 Å². The van der Waals surface area contributed by atoms with Crippen molar-refractivity contribution in [2.45, 2.75) is 27.7 Å². The number of anilines is 2. The molecule has 2 aromatic heterocycles. The Morgan fingerprint density at radius 1 is 0.809 bits per heavy atom. The molecule has 4 aromatic carbocycles. The highest BCUT2D eigenvalue weighted by molar-refractivity contribution is 7.26. The maximum Gasteiger partial charge on any atom is 0.227 e. The molecule has 0 aliphatic rings. The third-order valence-electron chi connectivity index (χ3n) is 8.25. The van der Waals surface area contributed by atoms with Crippen LogP contribution in [-0.2, 0) is 0 Å². The number of nitrogens with one attached hydrogen (secondary N) is 2. The minimum absolute atomic E-state index is 0.377. The number of hydrogen-bond donors (Lipinski definition) is 2. The second-order valence-corrected chi connectivity index (χ2v) is 12.9. The smallest absolute Gasteiger partial charge is 0.227 e. The summed E-state index contributed by atoms with van der Waals surface area (Å²) in [5.74, 6) is 2.13. The quantitative estimate of drug-likeness (QED) is 0.139. The van der Waals surface area contributed by atoms with Crippen LogP contribution in [0.25, 0.3) is 48.3 Å². The summed E-state index contributed by atoms with van der Waals surface area (Å²) in [6.07, 6.45) is 7.59. The largest absolute Gasteiger partial charge is 0.357 e. The average Bonchev–Trinajstić information content (AvgIpc) is 3.49. The van der Waals surface area contributed by atoms with Gasteiger partial charge in [-0.05, 0) is 66.3 Å². The van der Waals surface area contributed by atoms with Gasteiger partial charge in [-0.25, -0.2) is 4.98 Å². The lowest BCUT2D eigenvalue weighted by Crippen LogP contribution is -2.17. The molecule has 0 radical (unpaired) electrons. The molecule has 0 saturated heterocycles. The summed E-state index contributed by atoms with van der Waals surface area (Å²) in [7, 11) is 0. The van der Waals surface area contributed by atoms with Gasteiger partial charge in [0.1, 0.15) is 0 Å². The fourth-order valence-electron chi connectivity index (χ4n) is 5.41. The molecule has 0 saturated carbocycles. The molecule has 6 rings (SSSR count). The second-order valence-electron chi connectivity index (χ2n) is 11.8. The van der Waals surface area contributed by atoms with E-state index in [-0.39, 0.29) is 0 Å². The number of benzene rings is 4. The summed E-state index contributed by atoms with van der Waals surface area (Å²) in [6, 6.07) is 33.9. The molecule has 0 spiro atoms. The first-order valence-corrected chi connectivity index (χ1v) is 16.7. The van der Waals surface area contributed by atoms with Crippen LogP contribution in [0.2, 0.25) is 0 Å². The minimum atomic E-state index is 0.377. The molecule has 5 nitrogen and oxygen atoms in total. The lowest BCUT2D eigenvalue weighted by molar-refractivity contribution is 0.754. The Balaban J connectivity index is 1.39. The van der Waals surface area contributed by atoms with Crippen LogP contribution in [0.3, 0.4) is 0 Å². The van der Waals surface area contributed by atoms with Crippen LogP contribution >= 0.6 is 11.3 Å². The SMILES string of the molecule is C=C/C=C\C=C(/C)c1nc(NC/C(Nc2ccccc2)=C(/C)C(C)C)nc(-c2cccc(-c3cccc4c3sc3ccccc34)c2)n1. The molecule has 0 aliphatic heterocycles. The highest BCUT2D eigenvalue weighted by Crippen LogP contribution is 2.40. The number of aromatic nitrogens is 3. The van der Waals surface area contributed by atoms with E-state index >= 15 is 0 Å². The zero-order chi connectivity index (χ0) is 32.8. The number of allylic oxidation sites excluding steroid dienone is 6. The maximum absolute atomic E-state index is 4.96. The predicted octanol–water partition coefficient (Wildman–Crippen LogP) is 11.2. The van der Waals surface area contributed by atoms with Crippen LogP contribution in [0.4, 0.5) is 11.6 Å². The van der Waals surface area contributed by atoms with Crippen LogP contribution < -0.4 is 10.6 Å². The van der Waals surface area contributed by atoms with E-state index in [1.165, 1.54) is 31.3 Å². The molecule has 0 fully saturated rings. The number of thiophene rings is 1. The molecule has 0 atom stereocenters. The van der Waals surface area contributed by atoms with Gasteiger partial charge in [0.2, 0.25) is 5.95 Å². The molecule has 0 aliphatic carbocycles. The summed E-state index contributed by atoms with van der Waals surface area (Å²) in [6.45, 7) is 12.9. The molecular formula is C41H39N5S. The molecule has 6 aromatic rings. The van der Waals surface area contributed by atoms with E-state index in [9.17, 15) is 0 Å². The predicted molar refractivity (Wildman–Crippen MR) is 203 cm³/mol. The Kier molecular flexibility index (Phi) is 9.69. The molecule has 0 unspecified atom stereocenters. The van der Waals surface area contributed by atoms with E-state index in [4.69, 9.17) is 15.0 Å². The van der Waals surface area contributed by atoms with Crippen LogP contribution in [0.1, 0.15) is 33.5 Å². The van der Waals surface area contributed by atoms with Crippen LogP contribution in [0.5, 0.6) is 0 Å². The zero-order valence-electron chi connectivity index (χ0n) is 27.3. The van der Waals surface area contributed by atoms with E-state index in [0.29, 0.717) is 30.1 Å². The molecule has 0 amide bonds. The fourth-order valence-corrected chi connectivity index (χ4v) is 6.65. The molecule has 0 bridgehead atoms. The van der Waals surface area contributed by atoms with Gasteiger partial charge in [-0.15, -0.1) is 11.3 Å². The summed E-state index contributed by atoms with van der Waals surface area (Å²) in [4.78, 5) is 14.8. The molecule has 234 valence electrons. The Morgan fingerprint density at radius 3 is 2.36 bits per heavy atom. The van der Waals surface area contributed by atoms with Crippen molar-refractivity contribution in [3.63, 3.8) is 0 Å². The first-order chi connectivity index (χ1) is 22.9. The summed E-state index contributed by atoms with van der Waals surface area (Å²) >= 11 is 1.83. The average molecular weight is 634 g/mol. The molecule has 47 heavy (non-hydrogen) atoms. The van der Waals surface area contributed by atoms with Crippen molar-refractivity contribution in [2.75, 3.05) is 17.2 Å². The Labute approximate surface area is 281 Å². The number of rotatable bonds is 11. The summed E-state index contributed by atoms with van der Waals surface area (Å²) < 4.78 is 2.57. The van der Waals surface area contributed by atoms with Gasteiger partial charge < -0.3 is 10.6 Å². The lowest BCUT2D eigenvalue weighted by Gasteiger charge is -2.18. The van der Waals surface area contributed by atoms with Gasteiger partial charge in [0.05, 0.1) is 6.54 Å². The van der Waals surface area contributed by atoms with E-state index < -0.39 is 0 Å². The standard InChI is InChI=1S/C41H39N5S/c1-6-7-9-16-28(4)39-44-40(46-41(45-39)42-26-36(29(5)27(2)3)43-32-19-10-8-11-20-32)31-18-14-17-30(25-31)33-22-15-23-35-34-21-12-13-24-37(34)47-38(33)35/h6-25,27,43H,1,26H2,2-5H3,(H,42,44,45,46)/b9-7-,28-16+,36-29+. The van der Waals surface area contributed by atoms with Crippen molar-refractivity contribution in [1.29, 1.82) is 0 Å². The summed E-state index contributed by atoms with van der Waals surface area (Å²) in [5.41, 5.74) is 7.59. The zero-order valence-corrected chi connectivity index (χ0v) is 28.1. The van der Waals surface area contributed by atoms with Gasteiger partial charge in [0, 0.05) is 37.1 Å². The lowest BCUT2D eigenvalue weighted by atomic mass is 10.0. The molecule has 2 N–H and O–H groups in total. The first-order valence-electron chi connectivity index (χ1n) is 15.9. The van der Waals surface area contributed by atoms with Gasteiger partial charge in [0.15, 0.2) is 11.6 Å². The van der Waals surface area contributed by atoms with Gasteiger partial charge in [-0.1, -0.05) is 118 Å². The Bertz CT molecular complexity index is 2140. The Morgan fingerprint density at radius 2 is 1.55 bits per heavy atom. The summed E-state index contributed by atoms with van der Waals surface area (Å²) in [5, 5.41) is 9.70.